The number of nitrogens with zero attached hydrogens (tertiary/aromatic N) is 7. The molecule has 0 aliphatic carbocycles. The molecule has 3 heterocycles. The Kier molecular flexibility index (Phi) is 27.1. The molecule has 0 saturated carbocycles. The fourth-order valence-electron chi connectivity index (χ4n) is 6.28. The Morgan fingerprint density at radius 3 is 1.33 bits per heavy atom. The monoisotopic (exact) mass is 1270 g/mol. The molecule has 0 fully saturated rings. The summed E-state index contributed by atoms with van der Waals surface area (Å²) in [6.45, 7) is 5.30. The molecule has 0 unspecified atom stereocenters. The Morgan fingerprint density at radius 1 is 0.603 bits per heavy atom. The third kappa shape index (κ3) is 21.5. The van der Waals surface area contributed by atoms with Crippen molar-refractivity contribution >= 4 is 75.0 Å². The Morgan fingerprint density at radius 2 is 0.962 bits per heavy atom. The van der Waals surface area contributed by atoms with Gasteiger partial charge < -0.3 is 47.1 Å². The maximum absolute atomic E-state index is 14.3. The molecule has 1 amide bonds. The molecule has 28 heteroatoms. The number of carbonyl (C=O) groups excluding carboxylic acids is 3. The van der Waals surface area contributed by atoms with Crippen molar-refractivity contribution in [2.24, 2.45) is 22.4 Å². The number of ketones is 2. The number of hydrogen-bond donors (Lipinski definition) is 6. The van der Waals surface area contributed by atoms with E-state index in [1.807, 2.05) is 0 Å². The highest BCUT2D eigenvalue weighted by molar-refractivity contribution is 14.0. The summed E-state index contributed by atoms with van der Waals surface area (Å²) in [5.41, 5.74) is 14.7. The lowest BCUT2D eigenvalue weighted by Gasteiger charge is -2.18. The van der Waals surface area contributed by atoms with Crippen molar-refractivity contribution in [2.45, 2.75) is 72.0 Å². The molecule has 20 nitrogen and oxygen atoms in total. The van der Waals surface area contributed by atoms with Crippen LogP contribution in [-0.4, -0.2) is 84.9 Å². The maximum Gasteiger partial charge on any atom is 0.293 e. The Bertz CT molecular complexity index is 3120. The van der Waals surface area contributed by atoms with Crippen LogP contribution in [0.1, 0.15) is 47.6 Å². The van der Waals surface area contributed by atoms with Gasteiger partial charge in [0.15, 0.2) is 16.2 Å². The number of halogens is 8. The van der Waals surface area contributed by atoms with E-state index in [4.69, 9.17) is 22.0 Å². The minimum absolute atomic E-state index is 0. The Hall–Kier alpha value is -7.47. The van der Waals surface area contributed by atoms with E-state index in [1.165, 1.54) is 96.0 Å². The summed E-state index contributed by atoms with van der Waals surface area (Å²) in [7, 11) is 0. The van der Waals surface area contributed by atoms with Gasteiger partial charge in [-0.15, -0.1) is 24.0 Å². The molecule has 9 N–H and O–H groups in total. The third-order valence-electron chi connectivity index (χ3n) is 10.3. The first-order valence-corrected chi connectivity index (χ1v) is 23.8. The molecule has 0 saturated heterocycles. The second-order valence-electron chi connectivity index (χ2n) is 16.6. The molecule has 3 aromatic heterocycles. The lowest BCUT2D eigenvalue weighted by atomic mass is 10.1. The number of nitrogens with one attached hydrogen (secondary N) is 3. The topological polar surface area (TPSA) is 292 Å². The van der Waals surface area contributed by atoms with Crippen LogP contribution in [0, 0.1) is 20.8 Å². The molecule has 0 aliphatic rings. The van der Waals surface area contributed by atoms with Crippen molar-refractivity contribution in [3.05, 3.63) is 179 Å². The number of nitrogens with two attached hydrogens (primary N) is 3. The number of anilines is 2. The van der Waals surface area contributed by atoms with Crippen LogP contribution < -0.4 is 49.8 Å². The number of aromatic nitrogens is 6. The second-order valence-corrected chi connectivity index (χ2v) is 17.3. The predicted molar refractivity (Wildman–Crippen MR) is 296 cm³/mol. The van der Waals surface area contributed by atoms with Gasteiger partial charge in [0.1, 0.15) is 24.7 Å². The Labute approximate surface area is 469 Å². The van der Waals surface area contributed by atoms with Crippen molar-refractivity contribution in [2.75, 3.05) is 43.4 Å². The van der Waals surface area contributed by atoms with Crippen molar-refractivity contribution in [3.8, 4) is 0 Å². The zero-order valence-corrected chi connectivity index (χ0v) is 46.7. The van der Waals surface area contributed by atoms with Gasteiger partial charge in [-0.1, -0.05) is 91.0 Å². The minimum atomic E-state index is -3.21. The average Bonchev–Trinajstić information content (AvgIpc) is 3.40. The number of amides is 1. The van der Waals surface area contributed by atoms with Crippen LogP contribution >= 0.6 is 39.9 Å². The van der Waals surface area contributed by atoms with E-state index in [-0.39, 0.29) is 113 Å². The number of oxime groups is 1. The minimum Gasteiger partial charge on any atom is -0.391 e. The van der Waals surface area contributed by atoms with Gasteiger partial charge in [-0.2, -0.15) is 26.3 Å². The van der Waals surface area contributed by atoms with Crippen LogP contribution in [0.3, 0.4) is 0 Å². The van der Waals surface area contributed by atoms with Crippen LogP contribution in [0.2, 0.25) is 0 Å². The van der Waals surface area contributed by atoms with Crippen LogP contribution in [-0.2, 0) is 56.6 Å². The average molecular weight is 1270 g/mol. The highest BCUT2D eigenvalue weighted by Crippen LogP contribution is 2.29. The number of Topliss-reactive ketones (excluding diaryl/α,β-unsaturated/α-hetero) is 2. The molecular formula is C50H59BrF6IN13O7. The molecule has 78 heavy (non-hydrogen) atoms. The molecule has 3 aromatic carbocycles. The first kappa shape index (κ1) is 66.6. The van der Waals surface area contributed by atoms with Crippen LogP contribution in [0.4, 0.5) is 38.0 Å². The lowest BCUT2D eigenvalue weighted by Crippen LogP contribution is -2.37. The van der Waals surface area contributed by atoms with Crippen molar-refractivity contribution in [3.63, 3.8) is 0 Å². The number of aryl methyl sites for hydroxylation is 3. The summed E-state index contributed by atoms with van der Waals surface area (Å²) in [6, 6.07) is 22.1. The third-order valence-corrected chi connectivity index (χ3v) is 10.8. The quantitative estimate of drug-likeness (QED) is 0.0134. The summed E-state index contributed by atoms with van der Waals surface area (Å²) in [5, 5.41) is 10.6. The van der Waals surface area contributed by atoms with Gasteiger partial charge in [0.05, 0.1) is 39.3 Å². The second kappa shape index (κ2) is 31.7. The van der Waals surface area contributed by atoms with Crippen molar-refractivity contribution < 1.29 is 45.6 Å². The first-order chi connectivity index (χ1) is 36.2. The summed E-state index contributed by atoms with van der Waals surface area (Å²) in [6.07, 6.45) is 4.24. The number of hydrogen-bond acceptors (Lipinski definition) is 14. The predicted octanol–water partition coefficient (Wildman–Crippen LogP) is 5.68. The lowest BCUT2D eigenvalue weighted by molar-refractivity contribution is -0.122. The van der Waals surface area contributed by atoms with Gasteiger partial charge in [0, 0.05) is 52.4 Å². The fraction of sp³-hybridized carbons (Fsp3) is 0.320. The van der Waals surface area contributed by atoms with Gasteiger partial charge in [0.25, 0.3) is 34.4 Å². The van der Waals surface area contributed by atoms with E-state index in [9.17, 15) is 55.1 Å². The van der Waals surface area contributed by atoms with E-state index in [0.717, 1.165) is 4.57 Å². The van der Waals surface area contributed by atoms with Gasteiger partial charge in [-0.3, -0.25) is 33.3 Å². The normalized spacial score (nSPS) is 10.8. The smallest absolute Gasteiger partial charge is 0.293 e. The first-order valence-electron chi connectivity index (χ1n) is 23.0. The molecule has 6 rings (SSSR count). The number of benzene rings is 3. The fourth-order valence-corrected chi connectivity index (χ4v) is 6.60. The van der Waals surface area contributed by atoms with E-state index in [1.54, 1.807) is 57.3 Å². The van der Waals surface area contributed by atoms with Crippen LogP contribution in [0.15, 0.2) is 134 Å². The number of guanidine groups is 1. The van der Waals surface area contributed by atoms with Crippen LogP contribution in [0.25, 0.3) is 0 Å². The number of rotatable bonds is 20. The van der Waals surface area contributed by atoms with E-state index in [2.05, 4.69) is 52.0 Å². The summed E-state index contributed by atoms with van der Waals surface area (Å²) >= 11 is 3.01. The van der Waals surface area contributed by atoms with Gasteiger partial charge in [-0.05, 0) is 55.7 Å². The summed E-state index contributed by atoms with van der Waals surface area (Å²) in [4.78, 5) is 86.6. The highest BCUT2D eigenvalue weighted by Gasteiger charge is 2.33. The van der Waals surface area contributed by atoms with Gasteiger partial charge in [-0.25, -0.2) is 15.0 Å². The molecule has 0 aliphatic heterocycles. The summed E-state index contributed by atoms with van der Waals surface area (Å²) in [5.74, 6) is -10.7. The maximum atomic E-state index is 14.3. The van der Waals surface area contributed by atoms with Gasteiger partial charge >= 0.3 is 0 Å². The highest BCUT2D eigenvalue weighted by atomic mass is 127. The van der Waals surface area contributed by atoms with Crippen molar-refractivity contribution in [1.82, 2.24) is 34.0 Å². The zero-order valence-electron chi connectivity index (χ0n) is 42.8. The molecule has 422 valence electrons. The number of carbonyl (C=O) groups is 3. The van der Waals surface area contributed by atoms with Crippen LogP contribution in [0.5, 0.6) is 0 Å². The Balaban J connectivity index is 0.000000381. The molecule has 0 spiro atoms. The zero-order chi connectivity index (χ0) is 57.5. The molecule has 0 radical (unpaired) electrons. The molecule has 0 atom stereocenters. The SMILES string of the molecule is CC(=O)Cn1c(C)cnc(Br)c1=O.CC(=O)Cn1c(C)cnc(NCC(F)(F)c2ccccc2)c1=O.Cc1cnc(NCC(F)(F)c2ccccc2)c(=O)n1CC(=O)NCCON=C(N)N.I.NCC(F)(F)c1ccccc1. The van der Waals surface area contributed by atoms with E-state index >= 15 is 0 Å². The largest absolute Gasteiger partial charge is 0.391 e. The molecular weight excluding hydrogens is 1220 g/mol. The number of alkyl halides is 6. The van der Waals surface area contributed by atoms with E-state index < -0.39 is 54.4 Å². The van der Waals surface area contributed by atoms with E-state index in [0.29, 0.717) is 17.1 Å². The van der Waals surface area contributed by atoms with Crippen molar-refractivity contribution in [1.29, 1.82) is 0 Å². The molecule has 0 bridgehead atoms. The molecule has 6 aromatic rings. The van der Waals surface area contributed by atoms with Gasteiger partial charge in [0.2, 0.25) is 11.9 Å². The summed E-state index contributed by atoms with van der Waals surface area (Å²) < 4.78 is 86.3. The standard InChI is InChI=1S/C18H23F2N7O3.C16H17F2N3O2.C8H9BrN2O2.C8H9F2N.HI/c1-12-9-24-15(25-11-18(19,20)13-5-3-2-4-6-13)16(29)27(12)10-14(28)23-7-8-30-26-17(21)22;1-11-8-19-14(15(23)21(11)9-12(2)22)20-10-16(17,18)13-6-4-3-5-7-13;1-5-3-10-7(9)8(13)11(5)4-6(2)12;9-8(10,6-11)7-4-2-1-3-5-7;/h2-6,9H,7-8,10-11H2,1H3,(H,23,28)(H,24,25)(H4,21,22,26);3-8H,9-10H2,1-2H3,(H,19,20);3H,4H2,1-2H3;1-5H,6,11H2;1H.